The summed E-state index contributed by atoms with van der Waals surface area (Å²) in [6, 6.07) is 0.592. The highest BCUT2D eigenvalue weighted by Crippen LogP contribution is 2.13. The summed E-state index contributed by atoms with van der Waals surface area (Å²) in [5.74, 6) is 0.585. The lowest BCUT2D eigenvalue weighted by Gasteiger charge is -2.28. The van der Waals surface area contributed by atoms with Crippen molar-refractivity contribution in [2.24, 2.45) is 5.92 Å². The van der Waals surface area contributed by atoms with Gasteiger partial charge in [-0.15, -0.1) is 0 Å². The Morgan fingerprint density at radius 2 is 1.85 bits per heavy atom. The van der Waals surface area contributed by atoms with Crippen LogP contribution < -0.4 is 5.32 Å². The van der Waals surface area contributed by atoms with Crippen LogP contribution in [0.5, 0.6) is 0 Å². The van der Waals surface area contributed by atoms with Crippen LogP contribution in [0.1, 0.15) is 40.5 Å². The molecule has 0 radical (unpaired) electrons. The molecule has 1 N–H and O–H groups in total. The highest BCUT2D eigenvalue weighted by atomic mass is 16.5. The third-order valence-corrected chi connectivity index (χ3v) is 2.84. The number of nitrogens with one attached hydrogen (secondary N) is 1. The lowest BCUT2D eigenvalue weighted by Crippen LogP contribution is -2.40. The zero-order valence-corrected chi connectivity index (χ0v) is 9.76. The molecule has 13 heavy (non-hydrogen) atoms. The van der Waals surface area contributed by atoms with Crippen LogP contribution in [0.4, 0.5) is 0 Å². The Hall–Kier alpha value is -0.0800. The van der Waals surface area contributed by atoms with Gasteiger partial charge in [0.2, 0.25) is 0 Å². The second-order valence-corrected chi connectivity index (χ2v) is 3.77. The third kappa shape index (κ3) is 4.63. The Labute approximate surface area is 83.1 Å². The van der Waals surface area contributed by atoms with Gasteiger partial charge in [-0.05, 0) is 32.2 Å². The highest BCUT2D eigenvalue weighted by molar-refractivity contribution is 4.75. The van der Waals surface area contributed by atoms with Crippen LogP contribution >= 0.6 is 0 Å². The quantitative estimate of drug-likeness (QED) is 0.661. The van der Waals surface area contributed by atoms with Gasteiger partial charge < -0.3 is 10.1 Å². The Bertz CT molecular complexity index is 117. The molecule has 0 aromatic carbocycles. The molecule has 0 saturated heterocycles. The van der Waals surface area contributed by atoms with Gasteiger partial charge in [-0.25, -0.2) is 0 Å². The van der Waals surface area contributed by atoms with Crippen molar-refractivity contribution in [1.82, 2.24) is 5.32 Å². The molecule has 0 bridgehead atoms. The summed E-state index contributed by atoms with van der Waals surface area (Å²) in [5, 5.41) is 3.55. The lowest BCUT2D eigenvalue weighted by atomic mass is 9.94. The summed E-state index contributed by atoms with van der Waals surface area (Å²) in [6.45, 7) is 9.93. The third-order valence-electron chi connectivity index (χ3n) is 2.84. The monoisotopic (exact) mass is 187 g/mol. The number of hydrogen-bond acceptors (Lipinski definition) is 2. The minimum atomic E-state index is 0.342. The first-order chi connectivity index (χ1) is 6.17. The second kappa shape index (κ2) is 7.34. The fourth-order valence-corrected chi connectivity index (χ4v) is 1.57. The number of methoxy groups -OCH3 is 1. The summed E-state index contributed by atoms with van der Waals surface area (Å²) >= 11 is 0. The minimum Gasteiger partial charge on any atom is -0.381 e. The Morgan fingerprint density at radius 1 is 1.23 bits per heavy atom. The van der Waals surface area contributed by atoms with Crippen LogP contribution in [0.15, 0.2) is 0 Å². The molecule has 0 spiro atoms. The van der Waals surface area contributed by atoms with Gasteiger partial charge >= 0.3 is 0 Å². The fourth-order valence-electron chi connectivity index (χ4n) is 1.57. The van der Waals surface area contributed by atoms with Crippen molar-refractivity contribution < 1.29 is 4.74 Å². The minimum absolute atomic E-state index is 0.342. The summed E-state index contributed by atoms with van der Waals surface area (Å²) < 4.78 is 5.33. The van der Waals surface area contributed by atoms with Gasteiger partial charge in [-0.3, -0.25) is 0 Å². The van der Waals surface area contributed by atoms with E-state index in [1.165, 1.54) is 12.8 Å². The highest BCUT2D eigenvalue weighted by Gasteiger charge is 2.20. The van der Waals surface area contributed by atoms with Crippen molar-refractivity contribution in [1.29, 1.82) is 0 Å². The molecule has 0 aliphatic carbocycles. The molecule has 2 heteroatoms. The van der Waals surface area contributed by atoms with Crippen LogP contribution in [0.25, 0.3) is 0 Å². The van der Waals surface area contributed by atoms with E-state index in [2.05, 4.69) is 33.0 Å². The predicted octanol–water partition coefficient (Wildman–Crippen LogP) is 2.44. The first-order valence-corrected chi connectivity index (χ1v) is 5.43. The molecule has 2 nitrogen and oxygen atoms in total. The summed E-state index contributed by atoms with van der Waals surface area (Å²) in [5.41, 5.74) is 0. The normalized spacial score (nSPS) is 18.2. The molecule has 0 aliphatic rings. The molecule has 0 amide bonds. The van der Waals surface area contributed by atoms with E-state index in [9.17, 15) is 0 Å². The lowest BCUT2D eigenvalue weighted by molar-refractivity contribution is 0.0567. The molecule has 0 fully saturated rings. The zero-order chi connectivity index (χ0) is 10.3. The standard InChI is InChI=1S/C11H25NO/c1-6-8-12-11(7-2)9(3)10(4)13-5/h9-12H,6-8H2,1-5H3. The summed E-state index contributed by atoms with van der Waals surface area (Å²) in [6.07, 6.45) is 2.72. The molecular formula is C11H25NO. The maximum absolute atomic E-state index is 5.33. The van der Waals surface area contributed by atoms with Crippen molar-refractivity contribution >= 4 is 0 Å². The van der Waals surface area contributed by atoms with Gasteiger partial charge in [0, 0.05) is 13.2 Å². The summed E-state index contributed by atoms with van der Waals surface area (Å²) in [4.78, 5) is 0. The topological polar surface area (TPSA) is 21.3 Å². The van der Waals surface area contributed by atoms with Crippen molar-refractivity contribution in [2.75, 3.05) is 13.7 Å². The molecule has 0 aromatic rings. The number of ether oxygens (including phenoxy) is 1. The molecule has 3 unspecified atom stereocenters. The molecule has 0 saturated carbocycles. The van der Waals surface area contributed by atoms with Crippen molar-refractivity contribution in [3.05, 3.63) is 0 Å². The van der Waals surface area contributed by atoms with Gasteiger partial charge in [0.25, 0.3) is 0 Å². The molecule has 0 aliphatic heterocycles. The molecule has 0 aromatic heterocycles. The number of rotatable bonds is 7. The van der Waals surface area contributed by atoms with E-state index in [0.717, 1.165) is 6.54 Å². The first kappa shape index (κ1) is 12.9. The van der Waals surface area contributed by atoms with Gasteiger partial charge in [0.15, 0.2) is 0 Å². The van der Waals surface area contributed by atoms with Crippen LogP contribution in [0.2, 0.25) is 0 Å². The van der Waals surface area contributed by atoms with E-state index in [1.54, 1.807) is 7.11 Å². The van der Waals surface area contributed by atoms with Gasteiger partial charge in [-0.2, -0.15) is 0 Å². The van der Waals surface area contributed by atoms with Crippen LogP contribution in [0.3, 0.4) is 0 Å². The Kier molecular flexibility index (Phi) is 7.29. The first-order valence-electron chi connectivity index (χ1n) is 5.43. The molecule has 80 valence electrons. The van der Waals surface area contributed by atoms with Crippen LogP contribution in [-0.4, -0.2) is 25.8 Å². The maximum Gasteiger partial charge on any atom is 0.0583 e. The smallest absolute Gasteiger partial charge is 0.0583 e. The second-order valence-electron chi connectivity index (χ2n) is 3.77. The van der Waals surface area contributed by atoms with E-state index in [4.69, 9.17) is 4.74 Å². The van der Waals surface area contributed by atoms with E-state index in [0.29, 0.717) is 18.1 Å². The molecule has 3 atom stereocenters. The van der Waals surface area contributed by atoms with Crippen molar-refractivity contribution in [3.8, 4) is 0 Å². The maximum atomic E-state index is 5.33. The van der Waals surface area contributed by atoms with Gasteiger partial charge in [0.05, 0.1) is 6.10 Å². The zero-order valence-electron chi connectivity index (χ0n) is 9.76. The van der Waals surface area contributed by atoms with Crippen LogP contribution in [-0.2, 0) is 4.74 Å². The van der Waals surface area contributed by atoms with Crippen molar-refractivity contribution in [3.63, 3.8) is 0 Å². The average molecular weight is 187 g/mol. The molecular weight excluding hydrogens is 162 g/mol. The molecule has 0 rings (SSSR count). The Balaban J connectivity index is 3.90. The van der Waals surface area contributed by atoms with E-state index in [-0.39, 0.29) is 0 Å². The van der Waals surface area contributed by atoms with Crippen LogP contribution in [0, 0.1) is 5.92 Å². The van der Waals surface area contributed by atoms with Gasteiger partial charge in [0.1, 0.15) is 0 Å². The van der Waals surface area contributed by atoms with Gasteiger partial charge in [-0.1, -0.05) is 20.8 Å². The largest absolute Gasteiger partial charge is 0.381 e. The van der Waals surface area contributed by atoms with Crippen molar-refractivity contribution in [2.45, 2.75) is 52.7 Å². The SMILES string of the molecule is CCCNC(CC)C(C)C(C)OC. The van der Waals surface area contributed by atoms with E-state index >= 15 is 0 Å². The fraction of sp³-hybridized carbons (Fsp3) is 1.00. The molecule has 0 heterocycles. The predicted molar refractivity (Wildman–Crippen MR) is 58.0 cm³/mol. The van der Waals surface area contributed by atoms with E-state index < -0.39 is 0 Å². The number of hydrogen-bond donors (Lipinski definition) is 1. The average Bonchev–Trinajstić information content (AvgIpc) is 2.17. The summed E-state index contributed by atoms with van der Waals surface area (Å²) in [7, 11) is 1.79. The Morgan fingerprint density at radius 3 is 2.23 bits per heavy atom. The van der Waals surface area contributed by atoms with E-state index in [1.807, 2.05) is 0 Å².